The minimum Gasteiger partial charge on any atom is -0.459 e. The SMILES string of the molecule is CC(=O)N(C)[C@H](C(=O)N1C[C@H](C)C[C@H]1C(=O)N(C)[C@@H]1C(=O)N[C@@H](CC(C)C)C(=O)N2C[C@H](C)C[C@H]2C(=O)N[C@@H](CC(C)C)C(=O)N(C)[C@@H](C(C)C)C(=O)N2CCC[C@H]2C(=O)N(C)[C@@H](CC(C)C)C(=O)NCC(=O)O[C@H]1C)C(C)C. The topological polar surface area (TPSA) is 256 Å². The van der Waals surface area contributed by atoms with Gasteiger partial charge in [0.1, 0.15) is 67.0 Å². The first kappa shape index (κ1) is 65.7. The highest BCUT2D eigenvalue weighted by Gasteiger charge is 2.49. The van der Waals surface area contributed by atoms with Gasteiger partial charge < -0.3 is 55.0 Å². The van der Waals surface area contributed by atoms with Gasteiger partial charge in [-0.3, -0.25) is 52.7 Å². The molecule has 0 saturated carbocycles. The van der Waals surface area contributed by atoms with Gasteiger partial charge in [0.25, 0.3) is 0 Å². The summed E-state index contributed by atoms with van der Waals surface area (Å²) >= 11 is 0. The predicted octanol–water partition coefficient (Wildman–Crippen LogP) is 2.26. The first-order valence-electron chi connectivity index (χ1n) is 28.7. The summed E-state index contributed by atoms with van der Waals surface area (Å²) in [6.07, 6.45) is 0.259. The highest BCUT2D eigenvalue weighted by atomic mass is 16.5. The van der Waals surface area contributed by atoms with Gasteiger partial charge in [0.15, 0.2) is 0 Å². The molecule has 4 rings (SSSR count). The average Bonchev–Trinajstić information content (AvgIpc) is 4.11. The summed E-state index contributed by atoms with van der Waals surface area (Å²) in [5.41, 5.74) is 0. The Kier molecular flexibility index (Phi) is 23.3. The van der Waals surface area contributed by atoms with Crippen LogP contribution in [0.2, 0.25) is 0 Å². The fourth-order valence-electron chi connectivity index (χ4n) is 12.1. The Morgan fingerprint density at radius 2 is 1.22 bits per heavy atom. The number of likely N-dealkylation sites (tertiary alicyclic amines) is 1. The molecule has 4 heterocycles. The molecule has 0 spiro atoms. The zero-order chi connectivity index (χ0) is 59.8. The molecule has 4 saturated heterocycles. The lowest BCUT2D eigenvalue weighted by atomic mass is 9.97. The Bertz CT molecular complexity index is 2260. The summed E-state index contributed by atoms with van der Waals surface area (Å²) in [5.74, 6) is -8.16. The first-order chi connectivity index (χ1) is 36.7. The van der Waals surface area contributed by atoms with E-state index in [2.05, 4.69) is 16.0 Å². The van der Waals surface area contributed by atoms with Crippen molar-refractivity contribution in [3.05, 3.63) is 0 Å². The van der Waals surface area contributed by atoms with Gasteiger partial charge in [-0.05, 0) is 93.3 Å². The second-order valence-corrected chi connectivity index (χ2v) is 25.1. The molecule has 4 fully saturated rings. The molecule has 22 nitrogen and oxygen atoms in total. The molecule has 0 aromatic heterocycles. The van der Waals surface area contributed by atoms with Crippen LogP contribution in [0.1, 0.15) is 142 Å². The van der Waals surface area contributed by atoms with Crippen LogP contribution in [0.5, 0.6) is 0 Å². The van der Waals surface area contributed by atoms with Gasteiger partial charge in [-0.2, -0.15) is 0 Å². The van der Waals surface area contributed by atoms with Crippen LogP contribution in [0.15, 0.2) is 0 Å². The number of nitrogens with zero attached hydrogens (tertiary/aromatic N) is 7. The van der Waals surface area contributed by atoms with E-state index in [-0.39, 0.29) is 93.2 Å². The summed E-state index contributed by atoms with van der Waals surface area (Å²) < 4.78 is 5.91. The number of hydrogen-bond donors (Lipinski definition) is 3. The molecular formula is C57H96N10O12. The van der Waals surface area contributed by atoms with Gasteiger partial charge in [0.05, 0.1) is 0 Å². The van der Waals surface area contributed by atoms with Gasteiger partial charge in [-0.15, -0.1) is 0 Å². The molecule has 0 aromatic rings. The van der Waals surface area contributed by atoms with E-state index >= 15 is 14.4 Å². The normalized spacial score (nSPS) is 29.2. The lowest BCUT2D eigenvalue weighted by Gasteiger charge is -2.38. The van der Waals surface area contributed by atoms with Crippen LogP contribution in [0.3, 0.4) is 0 Å². The second-order valence-electron chi connectivity index (χ2n) is 25.1. The van der Waals surface area contributed by atoms with Crippen LogP contribution in [-0.4, -0.2) is 214 Å². The fraction of sp³-hybridized carbons (Fsp3) is 0.807. The molecule has 79 heavy (non-hydrogen) atoms. The maximum absolute atomic E-state index is 15.1. The van der Waals surface area contributed by atoms with Gasteiger partial charge in [0.2, 0.25) is 59.1 Å². The molecule has 0 unspecified atom stereocenters. The number of carbonyl (C=O) groups excluding carboxylic acids is 11. The van der Waals surface area contributed by atoms with E-state index in [0.29, 0.717) is 12.8 Å². The minimum absolute atomic E-state index is 0.0906. The van der Waals surface area contributed by atoms with E-state index in [1.165, 1.54) is 71.4 Å². The molecular weight excluding hydrogens is 1020 g/mol. The van der Waals surface area contributed by atoms with Crippen molar-refractivity contribution < 1.29 is 57.5 Å². The van der Waals surface area contributed by atoms with Crippen LogP contribution in [-0.2, 0) is 57.5 Å². The quantitative estimate of drug-likeness (QED) is 0.238. The molecule has 12 atom stereocenters. The van der Waals surface area contributed by atoms with Crippen molar-refractivity contribution in [3.8, 4) is 0 Å². The fourth-order valence-corrected chi connectivity index (χ4v) is 12.1. The number of hydrogen-bond acceptors (Lipinski definition) is 12. The number of rotatable bonds is 12. The zero-order valence-corrected chi connectivity index (χ0v) is 50.6. The Morgan fingerprint density at radius 3 is 1.76 bits per heavy atom. The highest BCUT2D eigenvalue weighted by Crippen LogP contribution is 2.31. The van der Waals surface area contributed by atoms with E-state index in [1.54, 1.807) is 27.7 Å². The number of amides is 10. The van der Waals surface area contributed by atoms with E-state index in [0.717, 1.165) is 4.90 Å². The van der Waals surface area contributed by atoms with Gasteiger partial charge in [-0.1, -0.05) is 83.1 Å². The third-order valence-electron chi connectivity index (χ3n) is 16.1. The van der Waals surface area contributed by atoms with E-state index < -0.39 is 132 Å². The Hall–Kier alpha value is -5.83. The summed E-state index contributed by atoms with van der Waals surface area (Å²) in [4.78, 5) is 169. The van der Waals surface area contributed by atoms with Crippen molar-refractivity contribution >= 4 is 65.0 Å². The number of cyclic esters (lactones) is 1. The second kappa shape index (κ2) is 28.0. The zero-order valence-electron chi connectivity index (χ0n) is 50.6. The molecule has 22 heteroatoms. The molecule has 4 aliphatic heterocycles. The minimum atomic E-state index is -1.63. The van der Waals surface area contributed by atoms with E-state index in [9.17, 15) is 38.4 Å². The molecule has 0 bridgehead atoms. The van der Waals surface area contributed by atoms with Gasteiger partial charge in [0, 0.05) is 54.7 Å². The maximum atomic E-state index is 15.1. The summed E-state index contributed by atoms with van der Waals surface area (Å²) in [7, 11) is 5.86. The lowest BCUT2D eigenvalue weighted by Crippen LogP contribution is -2.62. The van der Waals surface area contributed by atoms with Crippen molar-refractivity contribution in [3.63, 3.8) is 0 Å². The lowest BCUT2D eigenvalue weighted by molar-refractivity contribution is -0.160. The number of nitrogens with one attached hydrogen (secondary N) is 3. The average molecular weight is 1110 g/mol. The summed E-state index contributed by atoms with van der Waals surface area (Å²) in [6, 6.07) is -10.2. The van der Waals surface area contributed by atoms with Crippen molar-refractivity contribution in [2.75, 3.05) is 54.4 Å². The summed E-state index contributed by atoms with van der Waals surface area (Å²) in [6.45, 7) is 24.8. The predicted molar refractivity (Wildman–Crippen MR) is 296 cm³/mol. The molecule has 0 radical (unpaired) electrons. The molecule has 0 aromatic carbocycles. The standard InChI is InChI=1S/C57H96N10O12/c1-30(2)22-39-52(73)63(17)47(34(9)10)56(77)65-21-19-20-41(65)54(75)62(16)42(24-32(5)6)49(70)58-27-45(69)79-37(13)48(51(72)60-40(23-31(3)4)53(74)66-28-35(11)25-43(66)50(71)59-39)64(18)55(76)44-26-36(12)29-67(44)57(78)46(33(7)8)61(15)38(14)68/h30-37,39-44,46-48H,19-29H2,1-18H3,(H,58,70)(H,59,71)(H,60,72)/t35-,36-,37+,39+,40+,41+,42+,43+,44+,46+,47+,48+/m1/s1. The number of likely N-dealkylation sites (N-methyl/N-ethyl adjacent to an activating group) is 4. The molecule has 446 valence electrons. The number of carbonyl (C=O) groups is 11. The van der Waals surface area contributed by atoms with Crippen molar-refractivity contribution in [1.82, 2.24) is 50.2 Å². The van der Waals surface area contributed by atoms with Crippen molar-refractivity contribution in [2.24, 2.45) is 41.4 Å². The van der Waals surface area contributed by atoms with Crippen molar-refractivity contribution in [2.45, 2.75) is 202 Å². The van der Waals surface area contributed by atoms with E-state index in [4.69, 9.17) is 4.74 Å². The molecule has 3 N–H and O–H groups in total. The number of ether oxygens (including phenoxy) is 1. The van der Waals surface area contributed by atoms with E-state index in [1.807, 2.05) is 55.4 Å². The monoisotopic (exact) mass is 1110 g/mol. The van der Waals surface area contributed by atoms with Crippen LogP contribution >= 0.6 is 0 Å². The van der Waals surface area contributed by atoms with Crippen LogP contribution < -0.4 is 16.0 Å². The third-order valence-corrected chi connectivity index (χ3v) is 16.1. The Balaban J connectivity index is 1.87. The Labute approximate surface area is 469 Å². The van der Waals surface area contributed by atoms with Crippen LogP contribution in [0.25, 0.3) is 0 Å². The molecule has 0 aliphatic carbocycles. The molecule has 4 aliphatic rings. The third kappa shape index (κ3) is 16.0. The number of fused-ring (bicyclic) bond motifs is 2. The maximum Gasteiger partial charge on any atom is 0.325 e. The highest BCUT2D eigenvalue weighted by molar-refractivity contribution is 5.99. The first-order valence-corrected chi connectivity index (χ1v) is 28.7. The smallest absolute Gasteiger partial charge is 0.325 e. The van der Waals surface area contributed by atoms with Crippen LogP contribution in [0, 0.1) is 41.4 Å². The van der Waals surface area contributed by atoms with Crippen LogP contribution in [0.4, 0.5) is 0 Å². The van der Waals surface area contributed by atoms with Gasteiger partial charge >= 0.3 is 5.97 Å². The van der Waals surface area contributed by atoms with Gasteiger partial charge in [-0.25, -0.2) is 0 Å². The number of esters is 1. The summed E-state index contributed by atoms with van der Waals surface area (Å²) in [5, 5.41) is 8.44. The largest absolute Gasteiger partial charge is 0.459 e. The Morgan fingerprint density at radius 1 is 0.658 bits per heavy atom. The van der Waals surface area contributed by atoms with Crippen molar-refractivity contribution in [1.29, 1.82) is 0 Å². The molecule has 10 amide bonds.